The number of rotatable bonds is 3. The Labute approximate surface area is 113 Å². The minimum absolute atomic E-state index is 0.0998. The molecule has 1 aromatic rings. The van der Waals surface area contributed by atoms with Crippen molar-refractivity contribution >= 4 is 17.3 Å². The first-order chi connectivity index (χ1) is 9.47. The summed E-state index contributed by atoms with van der Waals surface area (Å²) in [5, 5.41) is 2.68. The number of benzene rings is 1. The Morgan fingerprint density at radius 1 is 1.35 bits per heavy atom. The van der Waals surface area contributed by atoms with Crippen molar-refractivity contribution in [2.75, 3.05) is 30.3 Å². The van der Waals surface area contributed by atoms with Gasteiger partial charge in [-0.2, -0.15) is 8.78 Å². The SMILES string of the molecule is Nc1cc(F)c(OC(F)F)cc1N1CCNC(=O)CC1. The number of nitrogen functional groups attached to an aromatic ring is 1. The van der Waals surface area contributed by atoms with E-state index in [0.717, 1.165) is 12.1 Å². The van der Waals surface area contributed by atoms with Gasteiger partial charge in [-0.25, -0.2) is 4.39 Å². The molecule has 0 radical (unpaired) electrons. The van der Waals surface area contributed by atoms with Gasteiger partial charge < -0.3 is 20.7 Å². The fourth-order valence-corrected chi connectivity index (χ4v) is 2.03. The third-order valence-corrected chi connectivity index (χ3v) is 2.95. The van der Waals surface area contributed by atoms with E-state index in [2.05, 4.69) is 10.1 Å². The molecule has 0 aromatic heterocycles. The molecule has 1 amide bonds. The van der Waals surface area contributed by atoms with E-state index in [1.165, 1.54) is 0 Å². The van der Waals surface area contributed by atoms with Crippen molar-refractivity contribution in [2.45, 2.75) is 13.0 Å². The van der Waals surface area contributed by atoms with Crippen LogP contribution in [-0.4, -0.2) is 32.2 Å². The monoisotopic (exact) mass is 289 g/mol. The smallest absolute Gasteiger partial charge is 0.387 e. The first-order valence-corrected chi connectivity index (χ1v) is 6.03. The normalized spacial score (nSPS) is 16.0. The van der Waals surface area contributed by atoms with Gasteiger partial charge in [-0.05, 0) is 0 Å². The lowest BCUT2D eigenvalue weighted by Crippen LogP contribution is -2.29. The number of amides is 1. The van der Waals surface area contributed by atoms with Crippen LogP contribution < -0.4 is 20.7 Å². The van der Waals surface area contributed by atoms with Crippen LogP contribution in [-0.2, 0) is 4.79 Å². The predicted molar refractivity (Wildman–Crippen MR) is 67.3 cm³/mol. The predicted octanol–water partition coefficient (Wildman–Crippen LogP) is 1.34. The lowest BCUT2D eigenvalue weighted by Gasteiger charge is -2.24. The maximum absolute atomic E-state index is 13.5. The van der Waals surface area contributed by atoms with Gasteiger partial charge in [0.05, 0.1) is 11.4 Å². The van der Waals surface area contributed by atoms with Gasteiger partial charge in [-0.3, -0.25) is 4.79 Å². The van der Waals surface area contributed by atoms with Crippen LogP contribution in [0.4, 0.5) is 24.5 Å². The Hall–Kier alpha value is -2.12. The topological polar surface area (TPSA) is 67.6 Å². The van der Waals surface area contributed by atoms with E-state index in [0.29, 0.717) is 25.3 Å². The van der Waals surface area contributed by atoms with E-state index in [1.54, 1.807) is 4.90 Å². The highest BCUT2D eigenvalue weighted by atomic mass is 19.3. The molecule has 0 spiro atoms. The number of halogens is 3. The molecule has 110 valence electrons. The van der Waals surface area contributed by atoms with Gasteiger partial charge in [0.15, 0.2) is 11.6 Å². The van der Waals surface area contributed by atoms with Crippen LogP contribution in [0.3, 0.4) is 0 Å². The average molecular weight is 289 g/mol. The van der Waals surface area contributed by atoms with Gasteiger partial charge in [-0.15, -0.1) is 0 Å². The Morgan fingerprint density at radius 2 is 2.10 bits per heavy atom. The summed E-state index contributed by atoms with van der Waals surface area (Å²) in [7, 11) is 0. The Bertz CT molecular complexity index is 511. The molecule has 1 aliphatic rings. The van der Waals surface area contributed by atoms with Crippen molar-refractivity contribution in [2.24, 2.45) is 0 Å². The van der Waals surface area contributed by atoms with Gasteiger partial charge in [-0.1, -0.05) is 0 Å². The summed E-state index contributed by atoms with van der Waals surface area (Å²) in [5.41, 5.74) is 6.19. The number of carbonyl (C=O) groups excluding carboxylic acids is 1. The molecule has 3 N–H and O–H groups in total. The first-order valence-electron chi connectivity index (χ1n) is 6.03. The summed E-state index contributed by atoms with van der Waals surface area (Å²) < 4.78 is 42.0. The molecule has 1 saturated heterocycles. The quantitative estimate of drug-likeness (QED) is 0.824. The number of hydrogen-bond acceptors (Lipinski definition) is 4. The van der Waals surface area contributed by atoms with Crippen molar-refractivity contribution in [1.29, 1.82) is 0 Å². The van der Waals surface area contributed by atoms with Crippen LogP contribution in [0.25, 0.3) is 0 Å². The molecule has 5 nitrogen and oxygen atoms in total. The molecule has 0 atom stereocenters. The summed E-state index contributed by atoms with van der Waals surface area (Å²) in [5.74, 6) is -1.61. The lowest BCUT2D eigenvalue weighted by atomic mass is 10.2. The summed E-state index contributed by atoms with van der Waals surface area (Å²) in [6.07, 6.45) is 0.252. The second-order valence-corrected chi connectivity index (χ2v) is 4.31. The second kappa shape index (κ2) is 5.89. The van der Waals surface area contributed by atoms with E-state index in [-0.39, 0.29) is 18.0 Å². The standard InChI is InChI=1S/C12H14F3N3O2/c13-7-5-8(16)9(6-10(7)20-12(14)15)18-3-1-11(19)17-2-4-18/h5-6,12H,1-4,16H2,(H,17,19). The highest BCUT2D eigenvalue weighted by Gasteiger charge is 2.19. The highest BCUT2D eigenvalue weighted by Crippen LogP contribution is 2.32. The molecular weight excluding hydrogens is 275 g/mol. The molecule has 1 aromatic carbocycles. The van der Waals surface area contributed by atoms with Crippen molar-refractivity contribution in [3.05, 3.63) is 17.9 Å². The van der Waals surface area contributed by atoms with Gasteiger partial charge in [0.2, 0.25) is 5.91 Å². The zero-order valence-corrected chi connectivity index (χ0v) is 10.5. The molecule has 8 heteroatoms. The zero-order valence-electron chi connectivity index (χ0n) is 10.5. The second-order valence-electron chi connectivity index (χ2n) is 4.31. The number of nitrogens with zero attached hydrogens (tertiary/aromatic N) is 1. The zero-order chi connectivity index (χ0) is 14.7. The van der Waals surface area contributed by atoms with Crippen molar-refractivity contribution in [3.63, 3.8) is 0 Å². The Balaban J connectivity index is 2.27. The number of alkyl halides is 2. The van der Waals surface area contributed by atoms with Crippen LogP contribution in [0, 0.1) is 5.82 Å². The van der Waals surface area contributed by atoms with E-state index in [1.807, 2.05) is 0 Å². The summed E-state index contributed by atoms with van der Waals surface area (Å²) in [4.78, 5) is 13.0. The lowest BCUT2D eigenvalue weighted by molar-refractivity contribution is -0.120. The summed E-state index contributed by atoms with van der Waals surface area (Å²) in [6, 6.07) is 2.07. The molecule has 0 bridgehead atoms. The van der Waals surface area contributed by atoms with Crippen molar-refractivity contribution in [3.8, 4) is 5.75 Å². The van der Waals surface area contributed by atoms with E-state index < -0.39 is 18.2 Å². The Morgan fingerprint density at radius 3 is 2.80 bits per heavy atom. The number of nitrogens with two attached hydrogens (primary N) is 1. The highest BCUT2D eigenvalue weighted by molar-refractivity contribution is 5.78. The average Bonchev–Trinajstić information content (AvgIpc) is 2.57. The third-order valence-electron chi connectivity index (χ3n) is 2.95. The van der Waals surface area contributed by atoms with Crippen LogP contribution >= 0.6 is 0 Å². The third kappa shape index (κ3) is 3.25. The van der Waals surface area contributed by atoms with Crippen LogP contribution in [0.5, 0.6) is 5.75 Å². The molecule has 2 rings (SSSR count). The fourth-order valence-electron chi connectivity index (χ4n) is 2.03. The van der Waals surface area contributed by atoms with Crippen molar-refractivity contribution < 1.29 is 22.7 Å². The van der Waals surface area contributed by atoms with E-state index in [9.17, 15) is 18.0 Å². The molecule has 0 aliphatic carbocycles. The van der Waals surface area contributed by atoms with Gasteiger partial charge in [0, 0.05) is 38.2 Å². The van der Waals surface area contributed by atoms with Crippen LogP contribution in [0.1, 0.15) is 6.42 Å². The molecule has 1 heterocycles. The van der Waals surface area contributed by atoms with Crippen LogP contribution in [0.15, 0.2) is 12.1 Å². The number of carbonyl (C=O) groups is 1. The Kier molecular flexibility index (Phi) is 4.21. The number of ether oxygens (including phenoxy) is 1. The molecule has 1 fully saturated rings. The summed E-state index contributed by atoms with van der Waals surface area (Å²) in [6.45, 7) is -1.89. The molecular formula is C12H14F3N3O2. The van der Waals surface area contributed by atoms with Gasteiger partial charge >= 0.3 is 6.61 Å². The molecule has 0 unspecified atom stereocenters. The van der Waals surface area contributed by atoms with Gasteiger partial charge in [0.1, 0.15) is 0 Å². The molecule has 0 saturated carbocycles. The van der Waals surface area contributed by atoms with Crippen molar-refractivity contribution in [1.82, 2.24) is 5.32 Å². The minimum atomic E-state index is -3.12. The molecule has 1 aliphatic heterocycles. The fraction of sp³-hybridized carbons (Fsp3) is 0.417. The summed E-state index contributed by atoms with van der Waals surface area (Å²) >= 11 is 0. The van der Waals surface area contributed by atoms with E-state index in [4.69, 9.17) is 5.73 Å². The number of hydrogen-bond donors (Lipinski definition) is 2. The first kappa shape index (κ1) is 14.3. The molecule has 20 heavy (non-hydrogen) atoms. The van der Waals surface area contributed by atoms with E-state index >= 15 is 0 Å². The minimum Gasteiger partial charge on any atom is -0.432 e. The maximum Gasteiger partial charge on any atom is 0.387 e. The maximum atomic E-state index is 13.5. The van der Waals surface area contributed by atoms with Crippen LogP contribution in [0.2, 0.25) is 0 Å². The van der Waals surface area contributed by atoms with Gasteiger partial charge in [0.25, 0.3) is 0 Å². The number of nitrogens with one attached hydrogen (secondary N) is 1. The number of anilines is 2. The largest absolute Gasteiger partial charge is 0.432 e.